The number of nitrogens with zero attached hydrogens (tertiary/aromatic N) is 1. The maximum Gasteiger partial charge on any atom is 0.229 e. The zero-order chi connectivity index (χ0) is 23.8. The van der Waals surface area contributed by atoms with Crippen LogP contribution in [-0.2, 0) is 26.9 Å². The molecule has 178 valence electrons. The van der Waals surface area contributed by atoms with Crippen molar-refractivity contribution in [1.29, 1.82) is 0 Å². The molecule has 0 spiro atoms. The fourth-order valence-corrected chi connectivity index (χ4v) is 6.65. The molecule has 1 N–H and O–H groups in total. The zero-order valence-electron chi connectivity index (χ0n) is 19.8. The minimum absolute atomic E-state index is 0.369. The van der Waals surface area contributed by atoms with Crippen molar-refractivity contribution >= 4 is 15.7 Å². The summed E-state index contributed by atoms with van der Waals surface area (Å²) >= 11 is 0. The number of piperidine rings is 1. The van der Waals surface area contributed by atoms with Gasteiger partial charge in [-0.05, 0) is 47.2 Å². The zero-order valence-corrected chi connectivity index (χ0v) is 20.6. The van der Waals surface area contributed by atoms with E-state index in [1.165, 1.54) is 22.9 Å². The minimum atomic E-state index is -3.33. The van der Waals surface area contributed by atoms with Crippen LogP contribution in [-0.4, -0.2) is 39.8 Å². The number of likely N-dealkylation sites (tertiary alicyclic amines) is 1. The predicted octanol–water partition coefficient (Wildman–Crippen LogP) is 5.11. The molecule has 2 aliphatic rings. The molecule has 34 heavy (non-hydrogen) atoms. The van der Waals surface area contributed by atoms with E-state index < -0.39 is 10.0 Å². The molecule has 0 aromatic heterocycles. The highest BCUT2D eigenvalue weighted by atomic mass is 32.2. The standard InChI is InChI=1S/C28H32N2O3S/c1-33-28(24-9-6-10-27(17-24)29-34(2,31)32)25-15-16-26(28)20-30(19-25)18-21-11-13-23(14-12-21)22-7-4-3-5-8-22/h3-14,17,25-26,29H,15-16,18-20H2,1-2H3. The van der Waals surface area contributed by atoms with E-state index in [0.717, 1.165) is 38.0 Å². The summed E-state index contributed by atoms with van der Waals surface area (Å²) in [4.78, 5) is 2.55. The lowest BCUT2D eigenvalue weighted by atomic mass is 9.74. The Kier molecular flexibility index (Phi) is 6.23. The van der Waals surface area contributed by atoms with Gasteiger partial charge in [0, 0.05) is 44.3 Å². The Balaban J connectivity index is 1.33. The molecule has 5 nitrogen and oxygen atoms in total. The summed E-state index contributed by atoms with van der Waals surface area (Å²) in [5.41, 5.74) is 5.10. The third-order valence-electron chi connectivity index (χ3n) is 7.46. The number of nitrogens with one attached hydrogen (secondary N) is 1. The van der Waals surface area contributed by atoms with Gasteiger partial charge in [-0.25, -0.2) is 8.42 Å². The third-order valence-corrected chi connectivity index (χ3v) is 8.06. The number of sulfonamides is 1. The molecular weight excluding hydrogens is 444 g/mol. The summed E-state index contributed by atoms with van der Waals surface area (Å²) in [5.74, 6) is 0.738. The molecule has 2 unspecified atom stereocenters. The van der Waals surface area contributed by atoms with E-state index in [2.05, 4.69) is 64.2 Å². The molecule has 5 rings (SSSR count). The third kappa shape index (κ3) is 4.50. The van der Waals surface area contributed by atoms with Crippen molar-refractivity contribution in [3.05, 3.63) is 90.0 Å². The van der Waals surface area contributed by atoms with Crippen LogP contribution >= 0.6 is 0 Å². The Morgan fingerprint density at radius 1 is 0.912 bits per heavy atom. The van der Waals surface area contributed by atoms with Crippen molar-refractivity contribution in [2.45, 2.75) is 25.0 Å². The molecule has 1 aliphatic carbocycles. The van der Waals surface area contributed by atoms with Gasteiger partial charge in [-0.2, -0.15) is 0 Å². The fourth-order valence-electron chi connectivity index (χ4n) is 6.10. The summed E-state index contributed by atoms with van der Waals surface area (Å²) in [5, 5.41) is 0. The van der Waals surface area contributed by atoms with E-state index in [1.807, 2.05) is 18.2 Å². The monoisotopic (exact) mass is 476 g/mol. The SMILES string of the molecule is COC1(c2cccc(NS(C)(=O)=O)c2)C2CCC1CN(Cc1ccc(-c3ccccc3)cc1)C2. The smallest absolute Gasteiger partial charge is 0.229 e. The second kappa shape index (κ2) is 9.17. The average Bonchev–Trinajstić information content (AvgIpc) is 3.02. The van der Waals surface area contributed by atoms with E-state index in [-0.39, 0.29) is 5.60 Å². The first-order valence-electron chi connectivity index (χ1n) is 11.9. The Morgan fingerprint density at radius 2 is 1.56 bits per heavy atom. The first kappa shape index (κ1) is 23.1. The molecule has 0 amide bonds. The van der Waals surface area contributed by atoms with Crippen LogP contribution in [0, 0.1) is 11.8 Å². The number of methoxy groups -OCH3 is 1. The summed E-state index contributed by atoms with van der Waals surface area (Å²) in [6.45, 7) is 2.86. The summed E-state index contributed by atoms with van der Waals surface area (Å²) in [6, 6.07) is 27.1. The highest BCUT2D eigenvalue weighted by Gasteiger charge is 2.55. The topological polar surface area (TPSA) is 58.6 Å². The minimum Gasteiger partial charge on any atom is -0.373 e. The van der Waals surface area contributed by atoms with Gasteiger partial charge in [0.15, 0.2) is 0 Å². The number of benzene rings is 3. The summed E-state index contributed by atoms with van der Waals surface area (Å²) in [7, 11) is -1.52. The Labute approximate surface area is 202 Å². The number of hydrogen-bond acceptors (Lipinski definition) is 4. The van der Waals surface area contributed by atoms with Gasteiger partial charge in [-0.15, -0.1) is 0 Å². The van der Waals surface area contributed by atoms with E-state index in [9.17, 15) is 8.42 Å². The Bertz CT molecular complexity index is 1230. The average molecular weight is 477 g/mol. The van der Waals surface area contributed by atoms with Gasteiger partial charge in [0.2, 0.25) is 10.0 Å². The van der Waals surface area contributed by atoms with Gasteiger partial charge in [0.1, 0.15) is 5.60 Å². The van der Waals surface area contributed by atoms with Gasteiger partial charge in [-0.3, -0.25) is 9.62 Å². The molecular formula is C28H32N2O3S. The molecule has 2 atom stereocenters. The van der Waals surface area contributed by atoms with Crippen LogP contribution in [0.2, 0.25) is 0 Å². The quantitative estimate of drug-likeness (QED) is 0.515. The van der Waals surface area contributed by atoms with Crippen LogP contribution in [0.25, 0.3) is 11.1 Å². The second-order valence-corrected chi connectivity index (χ2v) is 11.4. The Morgan fingerprint density at radius 3 is 2.18 bits per heavy atom. The lowest BCUT2D eigenvalue weighted by molar-refractivity contribution is -0.120. The van der Waals surface area contributed by atoms with Crippen molar-refractivity contribution in [2.24, 2.45) is 11.8 Å². The van der Waals surface area contributed by atoms with Crippen LogP contribution in [0.15, 0.2) is 78.9 Å². The molecule has 3 aromatic rings. The van der Waals surface area contributed by atoms with Crippen molar-refractivity contribution < 1.29 is 13.2 Å². The van der Waals surface area contributed by atoms with Gasteiger partial charge >= 0.3 is 0 Å². The highest BCUT2D eigenvalue weighted by Crippen LogP contribution is 2.54. The maximum atomic E-state index is 11.7. The van der Waals surface area contributed by atoms with Crippen molar-refractivity contribution in [2.75, 3.05) is 31.2 Å². The molecule has 1 aliphatic heterocycles. The second-order valence-electron chi connectivity index (χ2n) is 9.68. The lowest BCUT2D eigenvalue weighted by Gasteiger charge is -2.47. The molecule has 0 radical (unpaired) electrons. The maximum absolute atomic E-state index is 11.7. The molecule has 2 fully saturated rings. The van der Waals surface area contributed by atoms with Crippen molar-refractivity contribution in [1.82, 2.24) is 4.90 Å². The number of ether oxygens (including phenoxy) is 1. The first-order valence-corrected chi connectivity index (χ1v) is 13.8. The molecule has 1 heterocycles. The Hall–Kier alpha value is -2.67. The van der Waals surface area contributed by atoms with Crippen LogP contribution < -0.4 is 4.72 Å². The number of fused-ring (bicyclic) bond motifs is 2. The summed E-state index contributed by atoms with van der Waals surface area (Å²) in [6.07, 6.45) is 3.41. The van der Waals surface area contributed by atoms with Gasteiger partial charge in [-0.1, -0.05) is 66.7 Å². The number of anilines is 1. The van der Waals surface area contributed by atoms with Gasteiger partial charge in [0.05, 0.1) is 6.26 Å². The number of rotatable bonds is 7. The van der Waals surface area contributed by atoms with Crippen LogP contribution in [0.3, 0.4) is 0 Å². The molecule has 2 bridgehead atoms. The van der Waals surface area contributed by atoms with Crippen molar-refractivity contribution in [3.63, 3.8) is 0 Å². The molecule has 6 heteroatoms. The lowest BCUT2D eigenvalue weighted by Crippen LogP contribution is -2.52. The molecule has 3 aromatic carbocycles. The number of hydrogen-bond donors (Lipinski definition) is 1. The fraction of sp³-hybridized carbons (Fsp3) is 0.357. The van der Waals surface area contributed by atoms with E-state index in [1.54, 1.807) is 13.2 Å². The normalized spacial score (nSPS) is 24.8. The van der Waals surface area contributed by atoms with Gasteiger partial charge < -0.3 is 4.74 Å². The van der Waals surface area contributed by atoms with Crippen LogP contribution in [0.5, 0.6) is 0 Å². The summed E-state index contributed by atoms with van der Waals surface area (Å²) < 4.78 is 32.4. The predicted molar refractivity (Wildman–Crippen MR) is 137 cm³/mol. The van der Waals surface area contributed by atoms with Gasteiger partial charge in [0.25, 0.3) is 0 Å². The van der Waals surface area contributed by atoms with E-state index in [0.29, 0.717) is 17.5 Å². The largest absolute Gasteiger partial charge is 0.373 e. The first-order chi connectivity index (χ1) is 16.4. The molecule has 1 saturated carbocycles. The van der Waals surface area contributed by atoms with Crippen LogP contribution in [0.4, 0.5) is 5.69 Å². The van der Waals surface area contributed by atoms with E-state index in [4.69, 9.17) is 4.74 Å². The molecule has 1 saturated heterocycles. The van der Waals surface area contributed by atoms with Crippen LogP contribution in [0.1, 0.15) is 24.0 Å². The van der Waals surface area contributed by atoms with Crippen molar-refractivity contribution in [3.8, 4) is 11.1 Å². The highest BCUT2D eigenvalue weighted by molar-refractivity contribution is 7.92. The van der Waals surface area contributed by atoms with E-state index >= 15 is 0 Å².